The summed E-state index contributed by atoms with van der Waals surface area (Å²) in [5, 5.41) is 3.57. The number of ether oxygens (including phenoxy) is 3. The van der Waals surface area contributed by atoms with Crippen molar-refractivity contribution in [3.8, 4) is 11.5 Å². The third-order valence-corrected chi connectivity index (χ3v) is 5.95. The molecule has 33 heavy (non-hydrogen) atoms. The van der Waals surface area contributed by atoms with Crippen molar-refractivity contribution in [3.05, 3.63) is 87.6 Å². The fourth-order valence-electron chi connectivity index (χ4n) is 4.34. The summed E-state index contributed by atoms with van der Waals surface area (Å²) in [5.41, 5.74) is 4.12. The van der Waals surface area contributed by atoms with Crippen LogP contribution in [0.4, 0.5) is 0 Å². The highest BCUT2D eigenvalue weighted by Gasteiger charge is 2.43. The summed E-state index contributed by atoms with van der Waals surface area (Å²) in [6, 6.07) is 10.8. The van der Waals surface area contributed by atoms with E-state index >= 15 is 0 Å². The number of esters is 1. The Morgan fingerprint density at radius 1 is 1.21 bits per heavy atom. The first-order valence-corrected chi connectivity index (χ1v) is 10.9. The third kappa shape index (κ3) is 3.80. The van der Waals surface area contributed by atoms with Crippen molar-refractivity contribution in [2.45, 2.75) is 19.8 Å². The number of halogens is 1. The molecule has 2 aromatic carbocycles. The number of benzene rings is 2. The van der Waals surface area contributed by atoms with Crippen molar-refractivity contribution < 1.29 is 23.8 Å². The second-order valence-electron chi connectivity index (χ2n) is 7.61. The van der Waals surface area contributed by atoms with Gasteiger partial charge in [-0.05, 0) is 31.5 Å². The molecule has 0 saturated heterocycles. The molecular weight excluding hydrogens is 442 g/mol. The topological polar surface area (TPSA) is 73.9 Å². The van der Waals surface area contributed by atoms with Crippen LogP contribution in [0.3, 0.4) is 0 Å². The molecule has 4 rings (SSSR count). The van der Waals surface area contributed by atoms with Gasteiger partial charge in [0.05, 0.1) is 30.0 Å². The predicted molar refractivity (Wildman–Crippen MR) is 127 cm³/mol. The monoisotopic (exact) mass is 465 g/mol. The highest BCUT2D eigenvalue weighted by Crippen LogP contribution is 2.49. The first-order valence-electron chi connectivity index (χ1n) is 10.6. The van der Waals surface area contributed by atoms with Gasteiger partial charge in [-0.15, -0.1) is 0 Å². The lowest BCUT2D eigenvalue weighted by molar-refractivity contribution is -0.136. The molecule has 0 amide bonds. The lowest BCUT2D eigenvalue weighted by Gasteiger charge is -2.29. The van der Waals surface area contributed by atoms with Crippen molar-refractivity contribution in [3.63, 3.8) is 0 Å². The second-order valence-corrected chi connectivity index (χ2v) is 8.02. The minimum absolute atomic E-state index is 0.145. The molecular formula is C26H24ClNO5. The van der Waals surface area contributed by atoms with E-state index in [-0.39, 0.29) is 12.4 Å². The average molecular weight is 466 g/mol. The highest BCUT2D eigenvalue weighted by atomic mass is 35.5. The average Bonchev–Trinajstić information content (AvgIpc) is 3.09. The molecule has 0 unspecified atom stereocenters. The summed E-state index contributed by atoms with van der Waals surface area (Å²) in [7, 11) is 1.32. The molecule has 0 radical (unpaired) electrons. The number of fused-ring (bicyclic) bond motifs is 2. The molecule has 1 N–H and O–H groups in total. The van der Waals surface area contributed by atoms with Gasteiger partial charge in [0.2, 0.25) is 0 Å². The lowest BCUT2D eigenvalue weighted by Crippen LogP contribution is -2.29. The molecule has 1 atom stereocenters. The van der Waals surface area contributed by atoms with E-state index in [1.807, 2.05) is 25.1 Å². The van der Waals surface area contributed by atoms with Crippen LogP contribution in [-0.2, 0) is 9.53 Å². The summed E-state index contributed by atoms with van der Waals surface area (Å²) in [6.45, 7) is 7.94. The summed E-state index contributed by atoms with van der Waals surface area (Å²) in [6.07, 6.45) is 1.61. The van der Waals surface area contributed by atoms with E-state index in [4.69, 9.17) is 25.8 Å². The van der Waals surface area contributed by atoms with E-state index in [2.05, 4.69) is 11.9 Å². The number of carbonyl (C=O) groups is 2. The molecule has 1 aliphatic carbocycles. The Morgan fingerprint density at radius 3 is 2.61 bits per heavy atom. The van der Waals surface area contributed by atoms with Crippen LogP contribution in [0.25, 0.3) is 5.70 Å². The SMILES string of the molecule is C=CCOc1c(Cl)cc([C@@H]2C(C(=O)OC)=C(C)NC3=C2C(=O)c2ccccc23)cc1OCC. The maximum atomic E-state index is 13.5. The quantitative estimate of drug-likeness (QED) is 0.456. The normalized spacial score (nSPS) is 16.7. The zero-order valence-corrected chi connectivity index (χ0v) is 19.4. The molecule has 1 aliphatic heterocycles. The number of nitrogens with one attached hydrogen (secondary N) is 1. The summed E-state index contributed by atoms with van der Waals surface area (Å²) < 4.78 is 16.6. The predicted octanol–water partition coefficient (Wildman–Crippen LogP) is 5.04. The summed E-state index contributed by atoms with van der Waals surface area (Å²) >= 11 is 6.60. The van der Waals surface area contributed by atoms with E-state index in [0.717, 1.165) is 5.56 Å². The maximum absolute atomic E-state index is 13.5. The van der Waals surface area contributed by atoms with Crippen LogP contribution in [-0.4, -0.2) is 32.1 Å². The zero-order chi connectivity index (χ0) is 23.7. The van der Waals surface area contributed by atoms with Gasteiger partial charge in [-0.3, -0.25) is 4.79 Å². The molecule has 6 nitrogen and oxygen atoms in total. The molecule has 170 valence electrons. The number of carbonyl (C=O) groups excluding carboxylic acids is 2. The molecule has 0 saturated carbocycles. The standard InChI is InChI=1S/C26H24ClNO5/c1-5-11-33-25-18(27)12-15(13-19(25)32-6-2)21-20(26(30)31-4)14(3)28-23-16-9-7-8-10-17(16)24(29)22(21)23/h5,7-10,12-13,21,28H,1,6,11H2,2-4H3/t21-/m1/s1. The van der Waals surface area contributed by atoms with Gasteiger partial charge in [0.15, 0.2) is 17.3 Å². The van der Waals surface area contributed by atoms with E-state index < -0.39 is 11.9 Å². The van der Waals surface area contributed by atoms with Crippen LogP contribution in [0.5, 0.6) is 11.5 Å². The van der Waals surface area contributed by atoms with E-state index in [1.54, 1.807) is 31.2 Å². The lowest BCUT2D eigenvalue weighted by atomic mass is 9.79. The summed E-state index contributed by atoms with van der Waals surface area (Å²) in [5.74, 6) is -0.563. The molecule has 2 aliphatic rings. The van der Waals surface area contributed by atoms with Crippen molar-refractivity contribution in [2.24, 2.45) is 0 Å². The Hall–Kier alpha value is -3.51. The largest absolute Gasteiger partial charge is 0.490 e. The smallest absolute Gasteiger partial charge is 0.336 e. The Bertz CT molecular complexity index is 1230. The van der Waals surface area contributed by atoms with Crippen LogP contribution in [0.15, 0.2) is 65.9 Å². The molecule has 0 spiro atoms. The number of methoxy groups -OCH3 is 1. The maximum Gasteiger partial charge on any atom is 0.336 e. The van der Waals surface area contributed by atoms with Crippen molar-refractivity contribution in [1.82, 2.24) is 5.32 Å². The first kappa shape index (κ1) is 22.7. The number of Topliss-reactive ketones (excluding diaryl/α,β-unsaturated/α-hetero) is 1. The van der Waals surface area contributed by atoms with Crippen LogP contribution in [0.1, 0.15) is 41.3 Å². The molecule has 7 heteroatoms. The minimum atomic E-state index is -0.696. The van der Waals surface area contributed by atoms with E-state index in [1.165, 1.54) is 7.11 Å². The molecule has 1 heterocycles. The van der Waals surface area contributed by atoms with Crippen LogP contribution < -0.4 is 14.8 Å². The van der Waals surface area contributed by atoms with Gasteiger partial charge in [0.25, 0.3) is 0 Å². The van der Waals surface area contributed by atoms with Gasteiger partial charge in [0.1, 0.15) is 6.61 Å². The zero-order valence-electron chi connectivity index (χ0n) is 18.7. The second kappa shape index (κ2) is 9.16. The number of ketones is 1. The minimum Gasteiger partial charge on any atom is -0.490 e. The Labute approximate surface area is 197 Å². The van der Waals surface area contributed by atoms with Crippen molar-refractivity contribution in [1.29, 1.82) is 0 Å². The van der Waals surface area contributed by atoms with Gasteiger partial charge in [0, 0.05) is 28.3 Å². The van der Waals surface area contributed by atoms with Gasteiger partial charge in [-0.2, -0.15) is 0 Å². The molecule has 0 aromatic heterocycles. The van der Waals surface area contributed by atoms with Gasteiger partial charge >= 0.3 is 5.97 Å². The number of dihydropyridines is 1. The fourth-order valence-corrected chi connectivity index (χ4v) is 4.62. The fraction of sp³-hybridized carbons (Fsp3) is 0.231. The molecule has 0 bridgehead atoms. The Morgan fingerprint density at radius 2 is 1.94 bits per heavy atom. The van der Waals surface area contributed by atoms with Gasteiger partial charge < -0.3 is 19.5 Å². The van der Waals surface area contributed by atoms with Crippen molar-refractivity contribution in [2.75, 3.05) is 20.3 Å². The van der Waals surface area contributed by atoms with E-state index in [0.29, 0.717) is 56.8 Å². The van der Waals surface area contributed by atoms with Crippen molar-refractivity contribution >= 4 is 29.1 Å². The van der Waals surface area contributed by atoms with Crippen LogP contribution >= 0.6 is 11.6 Å². The summed E-state index contributed by atoms with van der Waals surface area (Å²) in [4.78, 5) is 26.4. The molecule has 0 fully saturated rings. The Kier molecular flexibility index (Phi) is 6.29. The molecule has 2 aromatic rings. The van der Waals surface area contributed by atoms with Gasteiger partial charge in [-0.1, -0.05) is 48.5 Å². The van der Waals surface area contributed by atoms with Crippen LogP contribution in [0, 0.1) is 0 Å². The third-order valence-electron chi connectivity index (χ3n) is 5.66. The van der Waals surface area contributed by atoms with Gasteiger partial charge in [-0.25, -0.2) is 4.79 Å². The number of hydrogen-bond donors (Lipinski definition) is 1. The Balaban J connectivity index is 1.94. The van der Waals surface area contributed by atoms with E-state index in [9.17, 15) is 9.59 Å². The number of allylic oxidation sites excluding steroid dienone is 2. The number of rotatable bonds is 7. The van der Waals surface area contributed by atoms with Crippen LogP contribution in [0.2, 0.25) is 5.02 Å². The first-order chi connectivity index (χ1) is 15.9. The highest BCUT2D eigenvalue weighted by molar-refractivity contribution is 6.32. The number of hydrogen-bond acceptors (Lipinski definition) is 6.